The van der Waals surface area contributed by atoms with Crippen LogP contribution in [0.1, 0.15) is 44.1 Å². The molecule has 2 amide bonds. The molecule has 1 N–H and O–H groups in total. The predicted octanol–water partition coefficient (Wildman–Crippen LogP) is 2.84. The minimum Gasteiger partial charge on any atom is -0.356 e. The Kier molecular flexibility index (Phi) is 5.34. The number of hydrogen-bond donors (Lipinski definition) is 1. The van der Waals surface area contributed by atoms with E-state index < -0.39 is 0 Å². The molecule has 24 heavy (non-hydrogen) atoms. The second kappa shape index (κ2) is 7.65. The average molecular weight is 326 g/mol. The summed E-state index contributed by atoms with van der Waals surface area (Å²) in [5, 5.41) is 2.97. The lowest BCUT2D eigenvalue weighted by atomic mass is 9.88. The molecule has 1 saturated carbocycles. The Bertz CT molecular complexity index is 636. The van der Waals surface area contributed by atoms with Gasteiger partial charge < -0.3 is 10.2 Å². The van der Waals surface area contributed by atoms with Crippen molar-refractivity contribution in [3.05, 3.63) is 47.0 Å². The van der Waals surface area contributed by atoms with Crippen LogP contribution in [0.2, 0.25) is 0 Å². The van der Waals surface area contributed by atoms with Gasteiger partial charge in [0.25, 0.3) is 5.91 Å². The van der Waals surface area contributed by atoms with Crippen LogP contribution < -0.4 is 5.32 Å². The lowest BCUT2D eigenvalue weighted by molar-refractivity contribution is -0.127. The van der Waals surface area contributed by atoms with E-state index in [1.165, 1.54) is 17.6 Å². The lowest BCUT2D eigenvalue weighted by Gasteiger charge is -2.26. The molecule has 1 atom stereocenters. The topological polar surface area (TPSA) is 49.4 Å². The fourth-order valence-electron chi connectivity index (χ4n) is 3.84. The van der Waals surface area contributed by atoms with Gasteiger partial charge in [0.1, 0.15) is 0 Å². The fourth-order valence-corrected chi connectivity index (χ4v) is 3.84. The van der Waals surface area contributed by atoms with Gasteiger partial charge in [0.15, 0.2) is 0 Å². The Balaban J connectivity index is 1.48. The van der Waals surface area contributed by atoms with Crippen molar-refractivity contribution in [3.8, 4) is 0 Å². The number of amides is 2. The van der Waals surface area contributed by atoms with Crippen LogP contribution in [-0.4, -0.2) is 36.3 Å². The third-order valence-electron chi connectivity index (χ3n) is 5.15. The Labute approximate surface area is 143 Å². The average Bonchev–Trinajstić information content (AvgIpc) is 2.85. The van der Waals surface area contributed by atoms with Gasteiger partial charge in [0.2, 0.25) is 5.91 Å². The van der Waals surface area contributed by atoms with Crippen molar-refractivity contribution in [1.82, 2.24) is 10.2 Å². The van der Waals surface area contributed by atoms with E-state index in [0.29, 0.717) is 6.54 Å². The number of rotatable bonds is 6. The molecule has 1 aliphatic heterocycles. The number of nitrogens with one attached hydrogen (secondary N) is 1. The van der Waals surface area contributed by atoms with Crippen LogP contribution in [-0.2, 0) is 16.0 Å². The molecule has 1 aliphatic carbocycles. The molecule has 1 aromatic rings. The molecule has 128 valence electrons. The Morgan fingerprint density at radius 3 is 2.83 bits per heavy atom. The molecule has 0 bridgehead atoms. The first kappa shape index (κ1) is 16.7. The van der Waals surface area contributed by atoms with Crippen molar-refractivity contribution in [3.63, 3.8) is 0 Å². The second-order valence-electron chi connectivity index (χ2n) is 6.80. The number of hydrogen-bond acceptors (Lipinski definition) is 2. The number of carbonyl (C=O) groups excluding carboxylic acids is 2. The minimum atomic E-state index is -0.0291. The highest BCUT2D eigenvalue weighted by Gasteiger charge is 2.38. The van der Waals surface area contributed by atoms with Gasteiger partial charge in [0.05, 0.1) is 12.5 Å². The number of benzene rings is 1. The molecule has 1 fully saturated rings. The number of fused-ring (bicyclic) bond motifs is 1. The van der Waals surface area contributed by atoms with E-state index in [0.717, 1.165) is 37.7 Å². The van der Waals surface area contributed by atoms with Gasteiger partial charge >= 0.3 is 0 Å². The molecule has 0 spiro atoms. The Morgan fingerprint density at radius 2 is 2.04 bits per heavy atom. The molecule has 1 aromatic carbocycles. The lowest BCUT2D eigenvalue weighted by Crippen LogP contribution is -2.33. The highest BCUT2D eigenvalue weighted by molar-refractivity contribution is 6.02. The zero-order valence-corrected chi connectivity index (χ0v) is 14.4. The molecule has 0 aromatic heterocycles. The summed E-state index contributed by atoms with van der Waals surface area (Å²) >= 11 is 0. The van der Waals surface area contributed by atoms with E-state index in [1.54, 1.807) is 0 Å². The van der Waals surface area contributed by atoms with E-state index in [-0.39, 0.29) is 24.3 Å². The standard InChI is InChI=1S/C20H26N2O2/c1-22-18-12-6-5-11-16(18)17(20(22)24)14-19(23)21-13-7-10-15-8-3-2-4-9-15/h2-4,8-9,18H,5-7,10-14H2,1H3,(H,21,23). The van der Waals surface area contributed by atoms with E-state index in [2.05, 4.69) is 17.4 Å². The summed E-state index contributed by atoms with van der Waals surface area (Å²) in [7, 11) is 1.86. The molecule has 1 heterocycles. The summed E-state index contributed by atoms with van der Waals surface area (Å²) in [5.74, 6) is 0.0230. The van der Waals surface area contributed by atoms with Gasteiger partial charge in [-0.15, -0.1) is 0 Å². The normalized spacial score (nSPS) is 20.3. The first-order valence-electron chi connectivity index (χ1n) is 8.96. The zero-order valence-electron chi connectivity index (χ0n) is 14.4. The molecule has 3 rings (SSSR count). The van der Waals surface area contributed by atoms with Crippen LogP contribution in [0.5, 0.6) is 0 Å². The van der Waals surface area contributed by atoms with E-state index in [4.69, 9.17) is 0 Å². The third-order valence-corrected chi connectivity index (χ3v) is 5.15. The number of likely N-dealkylation sites (N-methyl/N-ethyl adjacent to an activating group) is 1. The van der Waals surface area contributed by atoms with E-state index in [9.17, 15) is 9.59 Å². The van der Waals surface area contributed by atoms with Crippen LogP contribution in [0, 0.1) is 0 Å². The van der Waals surface area contributed by atoms with Gasteiger partial charge in [-0.25, -0.2) is 0 Å². The number of carbonyl (C=O) groups is 2. The Hall–Kier alpha value is -2.10. The molecule has 1 unspecified atom stereocenters. The van der Waals surface area contributed by atoms with Crippen LogP contribution >= 0.6 is 0 Å². The van der Waals surface area contributed by atoms with Crippen LogP contribution in [0.25, 0.3) is 0 Å². The summed E-state index contributed by atoms with van der Waals surface area (Å²) in [6.07, 6.45) is 6.42. The van der Waals surface area contributed by atoms with Crippen molar-refractivity contribution in [2.75, 3.05) is 13.6 Å². The molecular formula is C20H26N2O2. The highest BCUT2D eigenvalue weighted by Crippen LogP contribution is 2.36. The van der Waals surface area contributed by atoms with Crippen molar-refractivity contribution in [2.24, 2.45) is 0 Å². The first-order valence-corrected chi connectivity index (χ1v) is 8.96. The predicted molar refractivity (Wildman–Crippen MR) is 94.4 cm³/mol. The summed E-state index contributed by atoms with van der Waals surface area (Å²) in [4.78, 5) is 26.5. The van der Waals surface area contributed by atoms with Crippen LogP contribution in [0.15, 0.2) is 41.5 Å². The molecule has 0 saturated heterocycles. The molecule has 0 radical (unpaired) electrons. The molecule has 4 heteroatoms. The summed E-state index contributed by atoms with van der Waals surface area (Å²) in [5.41, 5.74) is 3.25. The maximum Gasteiger partial charge on any atom is 0.250 e. The first-order chi connectivity index (χ1) is 11.7. The van der Waals surface area contributed by atoms with Crippen LogP contribution in [0.3, 0.4) is 0 Å². The minimum absolute atomic E-state index is 0.0291. The van der Waals surface area contributed by atoms with Crippen molar-refractivity contribution in [2.45, 2.75) is 51.0 Å². The fraction of sp³-hybridized carbons (Fsp3) is 0.500. The summed E-state index contributed by atoms with van der Waals surface area (Å²) < 4.78 is 0. The number of aryl methyl sites for hydroxylation is 1. The smallest absolute Gasteiger partial charge is 0.250 e. The van der Waals surface area contributed by atoms with Crippen molar-refractivity contribution in [1.29, 1.82) is 0 Å². The molecule has 4 nitrogen and oxygen atoms in total. The molecular weight excluding hydrogens is 300 g/mol. The maximum atomic E-state index is 12.4. The van der Waals surface area contributed by atoms with Gasteiger partial charge in [-0.1, -0.05) is 36.8 Å². The SMILES string of the molecule is CN1C(=O)C(CC(=O)NCCCc2ccccc2)=C2CCCCC21. The van der Waals surface area contributed by atoms with Crippen molar-refractivity contribution < 1.29 is 9.59 Å². The van der Waals surface area contributed by atoms with Gasteiger partial charge in [-0.2, -0.15) is 0 Å². The van der Waals surface area contributed by atoms with Gasteiger partial charge in [0, 0.05) is 19.2 Å². The van der Waals surface area contributed by atoms with Crippen LogP contribution in [0.4, 0.5) is 0 Å². The zero-order chi connectivity index (χ0) is 16.9. The monoisotopic (exact) mass is 326 g/mol. The summed E-state index contributed by atoms with van der Waals surface area (Å²) in [6, 6.07) is 10.5. The maximum absolute atomic E-state index is 12.4. The summed E-state index contributed by atoms with van der Waals surface area (Å²) in [6.45, 7) is 0.657. The van der Waals surface area contributed by atoms with E-state index in [1.807, 2.05) is 30.1 Å². The Morgan fingerprint density at radius 1 is 1.25 bits per heavy atom. The third kappa shape index (κ3) is 3.69. The van der Waals surface area contributed by atoms with Gasteiger partial charge in [-0.3, -0.25) is 9.59 Å². The number of nitrogens with zero attached hydrogens (tertiary/aromatic N) is 1. The van der Waals surface area contributed by atoms with E-state index >= 15 is 0 Å². The molecule has 2 aliphatic rings. The van der Waals surface area contributed by atoms with Crippen molar-refractivity contribution >= 4 is 11.8 Å². The highest BCUT2D eigenvalue weighted by atomic mass is 16.2. The second-order valence-corrected chi connectivity index (χ2v) is 6.80. The quantitative estimate of drug-likeness (QED) is 0.817. The van der Waals surface area contributed by atoms with Gasteiger partial charge in [-0.05, 0) is 43.2 Å². The largest absolute Gasteiger partial charge is 0.356 e.